The molecule has 0 bridgehead atoms. The van der Waals surface area contributed by atoms with E-state index >= 15 is 0 Å². The summed E-state index contributed by atoms with van der Waals surface area (Å²) in [6.45, 7) is 4.93. The number of ether oxygens (including phenoxy) is 1. The van der Waals surface area contributed by atoms with Crippen molar-refractivity contribution >= 4 is 27.5 Å². The summed E-state index contributed by atoms with van der Waals surface area (Å²) in [7, 11) is -3.34. The second-order valence-corrected chi connectivity index (χ2v) is 10.4. The summed E-state index contributed by atoms with van der Waals surface area (Å²) in [4.78, 5) is 2.52. The van der Waals surface area contributed by atoms with Crippen molar-refractivity contribution in [3.8, 4) is 5.69 Å². The minimum Gasteiger partial charge on any atom is -0.378 e. The molecule has 0 saturated carbocycles. The van der Waals surface area contributed by atoms with Gasteiger partial charge >= 0.3 is 0 Å². The molecule has 1 aromatic heterocycles. The lowest BCUT2D eigenvalue weighted by Gasteiger charge is -2.28. The molecule has 2 aromatic carbocycles. The Balaban J connectivity index is 1.59. The number of aryl methyl sites for hydroxylation is 1. The van der Waals surface area contributed by atoms with E-state index in [1.807, 2.05) is 22.8 Å². The molecule has 4 rings (SSSR count). The highest BCUT2D eigenvalue weighted by molar-refractivity contribution is 8.00. The van der Waals surface area contributed by atoms with Gasteiger partial charge in [-0.15, -0.1) is 10.2 Å². The predicted molar refractivity (Wildman–Crippen MR) is 123 cm³/mol. The molecular formula is C22H26N4O3S2. The third kappa shape index (κ3) is 5.11. The molecule has 1 saturated heterocycles. The Bertz CT molecular complexity index is 1110. The van der Waals surface area contributed by atoms with Crippen LogP contribution in [0.15, 0.2) is 64.6 Å². The first kappa shape index (κ1) is 21.9. The van der Waals surface area contributed by atoms with Gasteiger partial charge in [-0.1, -0.05) is 49.0 Å². The summed E-state index contributed by atoms with van der Waals surface area (Å²) in [5, 5.41) is 9.56. The van der Waals surface area contributed by atoms with Crippen LogP contribution < -0.4 is 4.90 Å². The van der Waals surface area contributed by atoms with E-state index in [-0.39, 0.29) is 5.75 Å². The Hall–Kier alpha value is -2.36. The van der Waals surface area contributed by atoms with Crippen molar-refractivity contribution in [1.82, 2.24) is 14.8 Å². The van der Waals surface area contributed by atoms with Crippen molar-refractivity contribution < 1.29 is 13.2 Å². The van der Waals surface area contributed by atoms with E-state index in [9.17, 15) is 8.42 Å². The van der Waals surface area contributed by atoms with Crippen LogP contribution in [0.1, 0.15) is 12.5 Å². The summed E-state index contributed by atoms with van der Waals surface area (Å²) in [6, 6.07) is 16.9. The maximum atomic E-state index is 12.6. The SMILES string of the molecule is CCc1cccc(-n2c(SCCS(=O)(=O)c3ccccc3)nnc2N2CCOCC2)c1. The molecule has 0 aliphatic carbocycles. The molecule has 3 aromatic rings. The molecule has 0 spiro atoms. The van der Waals surface area contributed by atoms with Crippen molar-refractivity contribution in [3.63, 3.8) is 0 Å². The van der Waals surface area contributed by atoms with Crippen molar-refractivity contribution in [2.45, 2.75) is 23.4 Å². The number of aromatic nitrogens is 3. The van der Waals surface area contributed by atoms with Gasteiger partial charge < -0.3 is 9.64 Å². The number of hydrogen-bond donors (Lipinski definition) is 0. The van der Waals surface area contributed by atoms with Gasteiger partial charge in [-0.3, -0.25) is 4.57 Å². The summed E-state index contributed by atoms with van der Waals surface area (Å²) >= 11 is 1.41. The van der Waals surface area contributed by atoms with Gasteiger partial charge in [0.1, 0.15) is 0 Å². The van der Waals surface area contributed by atoms with Gasteiger partial charge in [-0.25, -0.2) is 8.42 Å². The highest BCUT2D eigenvalue weighted by atomic mass is 32.2. The van der Waals surface area contributed by atoms with Crippen molar-refractivity contribution in [1.29, 1.82) is 0 Å². The molecule has 0 radical (unpaired) electrons. The van der Waals surface area contributed by atoms with Crippen molar-refractivity contribution in [2.75, 3.05) is 42.7 Å². The fourth-order valence-corrected chi connectivity index (χ4v) is 6.07. The number of hydrogen-bond acceptors (Lipinski definition) is 7. The first-order valence-electron chi connectivity index (χ1n) is 10.4. The minimum atomic E-state index is -3.34. The van der Waals surface area contributed by atoms with E-state index in [0.717, 1.165) is 31.1 Å². The van der Waals surface area contributed by atoms with Crippen LogP contribution in [0.2, 0.25) is 0 Å². The van der Waals surface area contributed by atoms with E-state index in [0.29, 0.717) is 29.0 Å². The second kappa shape index (κ2) is 9.84. The lowest BCUT2D eigenvalue weighted by Crippen LogP contribution is -2.37. The van der Waals surface area contributed by atoms with Gasteiger partial charge in [0.05, 0.1) is 29.5 Å². The maximum Gasteiger partial charge on any atom is 0.232 e. The Morgan fingerprint density at radius 3 is 2.55 bits per heavy atom. The van der Waals surface area contributed by atoms with Gasteiger partial charge in [-0.2, -0.15) is 0 Å². The molecule has 1 fully saturated rings. The van der Waals surface area contributed by atoms with Crippen LogP contribution in [0.25, 0.3) is 5.69 Å². The minimum absolute atomic E-state index is 0.0381. The maximum absolute atomic E-state index is 12.6. The third-order valence-electron chi connectivity index (χ3n) is 5.17. The first-order chi connectivity index (χ1) is 15.1. The summed E-state index contributed by atoms with van der Waals surface area (Å²) in [5.41, 5.74) is 2.21. The summed E-state index contributed by atoms with van der Waals surface area (Å²) in [6.07, 6.45) is 0.931. The van der Waals surface area contributed by atoms with Crippen LogP contribution in [-0.4, -0.2) is 61.0 Å². The Morgan fingerprint density at radius 1 is 1.03 bits per heavy atom. The molecular weight excluding hydrogens is 432 g/mol. The molecule has 0 amide bonds. The highest BCUT2D eigenvalue weighted by Gasteiger charge is 2.23. The Kier molecular flexibility index (Phi) is 6.94. The Labute approximate surface area is 187 Å². The number of rotatable bonds is 8. The molecule has 0 unspecified atom stereocenters. The van der Waals surface area contributed by atoms with Crippen LogP contribution in [-0.2, 0) is 21.0 Å². The van der Waals surface area contributed by atoms with Gasteiger partial charge in [0.25, 0.3) is 0 Å². The van der Waals surface area contributed by atoms with E-state index in [1.54, 1.807) is 24.3 Å². The normalized spacial score (nSPS) is 14.7. The van der Waals surface area contributed by atoms with Crippen LogP contribution in [0.4, 0.5) is 5.95 Å². The molecule has 1 aliphatic heterocycles. The van der Waals surface area contributed by atoms with E-state index in [1.165, 1.54) is 17.3 Å². The smallest absolute Gasteiger partial charge is 0.232 e. The number of nitrogens with zero attached hydrogens (tertiary/aromatic N) is 4. The molecule has 2 heterocycles. The van der Waals surface area contributed by atoms with Gasteiger partial charge in [0.15, 0.2) is 15.0 Å². The highest BCUT2D eigenvalue weighted by Crippen LogP contribution is 2.28. The average molecular weight is 459 g/mol. The fraction of sp³-hybridized carbons (Fsp3) is 0.364. The van der Waals surface area contributed by atoms with Gasteiger partial charge in [0, 0.05) is 18.8 Å². The topological polar surface area (TPSA) is 77.3 Å². The zero-order valence-corrected chi connectivity index (χ0v) is 19.1. The summed E-state index contributed by atoms with van der Waals surface area (Å²) < 4.78 is 32.8. The Morgan fingerprint density at radius 2 is 1.81 bits per heavy atom. The molecule has 9 heteroatoms. The van der Waals surface area contributed by atoms with E-state index < -0.39 is 9.84 Å². The predicted octanol–water partition coefficient (Wildman–Crippen LogP) is 3.23. The average Bonchev–Trinajstić information content (AvgIpc) is 3.24. The lowest BCUT2D eigenvalue weighted by atomic mass is 10.1. The number of benzene rings is 2. The molecule has 31 heavy (non-hydrogen) atoms. The quantitative estimate of drug-likeness (QED) is 0.480. The van der Waals surface area contributed by atoms with E-state index in [2.05, 4.69) is 34.2 Å². The van der Waals surface area contributed by atoms with E-state index in [4.69, 9.17) is 4.74 Å². The number of morpholine rings is 1. The van der Waals surface area contributed by atoms with Gasteiger partial charge in [-0.05, 0) is 36.2 Å². The molecule has 7 nitrogen and oxygen atoms in total. The largest absolute Gasteiger partial charge is 0.378 e. The zero-order valence-electron chi connectivity index (χ0n) is 17.5. The standard InChI is InChI=1S/C22H26N4O3S2/c1-2-18-7-6-8-19(17-18)26-21(25-11-13-29-14-12-25)23-24-22(26)30-15-16-31(27,28)20-9-4-3-5-10-20/h3-10,17H,2,11-16H2,1H3. The van der Waals surface area contributed by atoms with Crippen molar-refractivity contribution in [2.24, 2.45) is 0 Å². The monoisotopic (exact) mass is 458 g/mol. The molecule has 0 atom stereocenters. The first-order valence-corrected chi connectivity index (χ1v) is 13.0. The van der Waals surface area contributed by atoms with Crippen LogP contribution in [0.3, 0.4) is 0 Å². The number of anilines is 1. The van der Waals surface area contributed by atoms with Crippen LogP contribution in [0.5, 0.6) is 0 Å². The molecule has 1 aliphatic rings. The fourth-order valence-electron chi connectivity index (χ4n) is 3.45. The zero-order chi connectivity index (χ0) is 21.7. The third-order valence-corrected chi connectivity index (χ3v) is 8.09. The van der Waals surface area contributed by atoms with Crippen LogP contribution >= 0.6 is 11.8 Å². The summed E-state index contributed by atoms with van der Waals surface area (Å²) in [5.74, 6) is 1.20. The lowest BCUT2D eigenvalue weighted by molar-refractivity contribution is 0.122. The van der Waals surface area contributed by atoms with Gasteiger partial charge in [0.2, 0.25) is 5.95 Å². The van der Waals surface area contributed by atoms with Crippen LogP contribution in [0, 0.1) is 0 Å². The number of thioether (sulfide) groups is 1. The van der Waals surface area contributed by atoms with Crippen molar-refractivity contribution in [3.05, 3.63) is 60.2 Å². The second-order valence-electron chi connectivity index (χ2n) is 7.22. The molecule has 0 N–H and O–H groups in total. The molecule has 164 valence electrons. The number of sulfone groups is 1.